The zero-order valence-corrected chi connectivity index (χ0v) is 12.5. The van der Waals surface area contributed by atoms with Gasteiger partial charge in [-0.05, 0) is 38.1 Å². The Morgan fingerprint density at radius 3 is 2.67 bits per heavy atom. The first-order valence-corrected chi connectivity index (χ1v) is 7.13. The van der Waals surface area contributed by atoms with Crippen LogP contribution in [0.15, 0.2) is 46.9 Å². The van der Waals surface area contributed by atoms with Crippen LogP contribution in [0.1, 0.15) is 24.3 Å². The van der Waals surface area contributed by atoms with Crippen LogP contribution in [0.3, 0.4) is 0 Å². The molecule has 4 heteroatoms. The number of hydrogen-bond acceptors (Lipinski definition) is 2. The number of nitrogens with one attached hydrogen (secondary N) is 1. The summed E-state index contributed by atoms with van der Waals surface area (Å²) in [4.78, 5) is 0. The van der Waals surface area contributed by atoms with E-state index in [-0.39, 0.29) is 11.9 Å². The first kappa shape index (κ1) is 14.0. The fourth-order valence-electron chi connectivity index (χ4n) is 2.51. The SMILES string of the molecule is Cc1c(C(C)Nc2ccc(Cl)cc2F)oc2ccccc12. The molecule has 1 aromatic heterocycles. The highest BCUT2D eigenvalue weighted by Gasteiger charge is 2.17. The molecule has 3 aromatic rings. The van der Waals surface area contributed by atoms with E-state index in [0.29, 0.717) is 10.7 Å². The monoisotopic (exact) mass is 303 g/mol. The van der Waals surface area contributed by atoms with Crippen LogP contribution in [0.5, 0.6) is 0 Å². The second-order valence-corrected chi connectivity index (χ2v) is 5.51. The molecule has 1 unspecified atom stereocenters. The van der Waals surface area contributed by atoms with Crippen molar-refractivity contribution in [3.8, 4) is 0 Å². The summed E-state index contributed by atoms with van der Waals surface area (Å²) in [6.45, 7) is 3.95. The fraction of sp³-hybridized carbons (Fsp3) is 0.176. The molecule has 2 nitrogen and oxygen atoms in total. The van der Waals surface area contributed by atoms with Gasteiger partial charge in [-0.3, -0.25) is 0 Å². The third-order valence-corrected chi connectivity index (χ3v) is 3.81. The normalized spacial score (nSPS) is 12.6. The van der Waals surface area contributed by atoms with Gasteiger partial charge in [0.15, 0.2) is 0 Å². The molecule has 1 atom stereocenters. The molecule has 1 heterocycles. The summed E-state index contributed by atoms with van der Waals surface area (Å²) >= 11 is 5.76. The summed E-state index contributed by atoms with van der Waals surface area (Å²) in [6, 6.07) is 12.3. The zero-order chi connectivity index (χ0) is 15.0. The molecule has 0 amide bonds. The Morgan fingerprint density at radius 1 is 1.19 bits per heavy atom. The first-order valence-electron chi connectivity index (χ1n) is 6.76. The van der Waals surface area contributed by atoms with Gasteiger partial charge in [-0.2, -0.15) is 0 Å². The van der Waals surface area contributed by atoms with Crippen LogP contribution >= 0.6 is 11.6 Å². The van der Waals surface area contributed by atoms with Crippen LogP contribution in [0.4, 0.5) is 10.1 Å². The molecule has 3 rings (SSSR count). The molecule has 1 N–H and O–H groups in total. The molecule has 0 aliphatic heterocycles. The molecule has 21 heavy (non-hydrogen) atoms. The molecule has 0 spiro atoms. The number of aryl methyl sites for hydroxylation is 1. The van der Waals surface area contributed by atoms with Crippen LogP contribution in [-0.4, -0.2) is 0 Å². The summed E-state index contributed by atoms with van der Waals surface area (Å²) in [5.41, 5.74) is 2.32. The molecule has 0 aliphatic carbocycles. The number of halogens is 2. The highest BCUT2D eigenvalue weighted by Crippen LogP contribution is 2.31. The number of rotatable bonds is 3. The predicted octanol–water partition coefficient (Wildman–Crippen LogP) is 5.71. The molecular formula is C17H15ClFNO. The van der Waals surface area contributed by atoms with Crippen molar-refractivity contribution >= 4 is 28.3 Å². The number of para-hydroxylation sites is 1. The van der Waals surface area contributed by atoms with E-state index in [0.717, 1.165) is 22.3 Å². The molecule has 108 valence electrons. The molecule has 0 saturated carbocycles. The Balaban J connectivity index is 1.93. The second kappa shape index (κ2) is 5.41. The maximum atomic E-state index is 13.9. The highest BCUT2D eigenvalue weighted by molar-refractivity contribution is 6.30. The Bertz CT molecular complexity index is 797. The maximum absolute atomic E-state index is 13.9. The summed E-state index contributed by atoms with van der Waals surface area (Å²) in [5.74, 6) is 0.439. The largest absolute Gasteiger partial charge is 0.459 e. The van der Waals surface area contributed by atoms with Crippen LogP contribution < -0.4 is 5.32 Å². The molecule has 0 fully saturated rings. The van der Waals surface area contributed by atoms with Crippen LogP contribution in [0, 0.1) is 12.7 Å². The summed E-state index contributed by atoms with van der Waals surface area (Å²) < 4.78 is 19.7. The van der Waals surface area contributed by atoms with Crippen LogP contribution in [-0.2, 0) is 0 Å². The number of hydrogen-bond donors (Lipinski definition) is 1. The maximum Gasteiger partial charge on any atom is 0.147 e. The highest BCUT2D eigenvalue weighted by atomic mass is 35.5. The van der Waals surface area contributed by atoms with Gasteiger partial charge in [-0.15, -0.1) is 0 Å². The van der Waals surface area contributed by atoms with Crippen molar-refractivity contribution in [2.45, 2.75) is 19.9 Å². The Morgan fingerprint density at radius 2 is 1.95 bits per heavy atom. The van der Waals surface area contributed by atoms with Gasteiger partial charge in [0.2, 0.25) is 0 Å². The number of fused-ring (bicyclic) bond motifs is 1. The molecule has 2 aromatic carbocycles. The van der Waals surface area contributed by atoms with E-state index < -0.39 is 0 Å². The Labute approximate surface area is 127 Å². The average molecular weight is 304 g/mol. The number of furan rings is 1. The van der Waals surface area contributed by atoms with Crippen molar-refractivity contribution in [2.24, 2.45) is 0 Å². The van der Waals surface area contributed by atoms with E-state index in [1.54, 1.807) is 12.1 Å². The predicted molar refractivity (Wildman–Crippen MR) is 84.4 cm³/mol. The van der Waals surface area contributed by atoms with Gasteiger partial charge >= 0.3 is 0 Å². The zero-order valence-electron chi connectivity index (χ0n) is 11.8. The topological polar surface area (TPSA) is 25.2 Å². The van der Waals surface area contributed by atoms with Crippen molar-refractivity contribution in [2.75, 3.05) is 5.32 Å². The fourth-order valence-corrected chi connectivity index (χ4v) is 2.67. The van der Waals surface area contributed by atoms with E-state index in [2.05, 4.69) is 5.32 Å². The van der Waals surface area contributed by atoms with Gasteiger partial charge in [0, 0.05) is 16.0 Å². The van der Waals surface area contributed by atoms with Crippen molar-refractivity contribution in [3.63, 3.8) is 0 Å². The van der Waals surface area contributed by atoms with Crippen molar-refractivity contribution in [1.29, 1.82) is 0 Å². The third-order valence-electron chi connectivity index (χ3n) is 3.58. The third kappa shape index (κ3) is 2.61. The van der Waals surface area contributed by atoms with E-state index in [1.165, 1.54) is 6.07 Å². The van der Waals surface area contributed by atoms with Gasteiger partial charge in [0.1, 0.15) is 17.2 Å². The molecular weight excluding hydrogens is 289 g/mol. The first-order chi connectivity index (χ1) is 10.1. The number of benzene rings is 2. The Kier molecular flexibility index (Phi) is 3.60. The van der Waals surface area contributed by atoms with E-state index in [4.69, 9.17) is 16.0 Å². The minimum atomic E-state index is -0.372. The lowest BCUT2D eigenvalue weighted by molar-refractivity contribution is 0.520. The number of anilines is 1. The van der Waals surface area contributed by atoms with Gasteiger partial charge in [0.05, 0.1) is 11.7 Å². The Hall–Kier alpha value is -2.00. The van der Waals surface area contributed by atoms with Crippen LogP contribution in [0.25, 0.3) is 11.0 Å². The average Bonchev–Trinajstić information content (AvgIpc) is 2.80. The van der Waals surface area contributed by atoms with Crippen molar-refractivity contribution in [1.82, 2.24) is 0 Å². The van der Waals surface area contributed by atoms with E-state index >= 15 is 0 Å². The quantitative estimate of drug-likeness (QED) is 0.670. The summed E-state index contributed by atoms with van der Waals surface area (Å²) in [6.07, 6.45) is 0. The molecule has 0 aliphatic rings. The van der Waals surface area contributed by atoms with Gasteiger partial charge < -0.3 is 9.73 Å². The molecule has 0 radical (unpaired) electrons. The second-order valence-electron chi connectivity index (χ2n) is 5.08. The van der Waals surface area contributed by atoms with Crippen molar-refractivity contribution in [3.05, 3.63) is 64.6 Å². The van der Waals surface area contributed by atoms with E-state index in [1.807, 2.05) is 38.1 Å². The van der Waals surface area contributed by atoms with Gasteiger partial charge in [-0.25, -0.2) is 4.39 Å². The lowest BCUT2D eigenvalue weighted by Crippen LogP contribution is -2.08. The van der Waals surface area contributed by atoms with Crippen molar-refractivity contribution < 1.29 is 8.81 Å². The standard InChI is InChI=1S/C17H15ClFNO/c1-10-13-5-3-4-6-16(13)21-17(10)11(2)20-15-8-7-12(18)9-14(15)19/h3-9,11,20H,1-2H3. The van der Waals surface area contributed by atoms with Gasteiger partial charge in [-0.1, -0.05) is 29.8 Å². The lowest BCUT2D eigenvalue weighted by Gasteiger charge is -2.14. The van der Waals surface area contributed by atoms with E-state index in [9.17, 15) is 4.39 Å². The molecule has 0 bridgehead atoms. The minimum Gasteiger partial charge on any atom is -0.459 e. The van der Waals surface area contributed by atoms with Gasteiger partial charge in [0.25, 0.3) is 0 Å². The molecule has 0 saturated heterocycles. The van der Waals surface area contributed by atoms with Crippen LogP contribution in [0.2, 0.25) is 5.02 Å². The lowest BCUT2D eigenvalue weighted by atomic mass is 10.1. The minimum absolute atomic E-state index is 0.145. The summed E-state index contributed by atoms with van der Waals surface area (Å²) in [7, 11) is 0. The summed E-state index contributed by atoms with van der Waals surface area (Å²) in [5, 5.41) is 4.59. The smallest absolute Gasteiger partial charge is 0.147 e.